The summed E-state index contributed by atoms with van der Waals surface area (Å²) in [7, 11) is -1.88. The molecule has 0 unspecified atom stereocenters. The maximum Gasteiger partial charge on any atom is 0.279 e. The van der Waals surface area contributed by atoms with Gasteiger partial charge in [-0.05, 0) is 0 Å². The Kier molecular flexibility index (Phi) is 4.03. The maximum atomic E-state index is 11.5. The van der Waals surface area contributed by atoms with Crippen LogP contribution in [-0.4, -0.2) is 31.3 Å². The van der Waals surface area contributed by atoms with E-state index in [0.717, 1.165) is 0 Å². The Bertz CT molecular complexity index is 414. The highest BCUT2D eigenvalue weighted by atomic mass is 32.2. The Balaban J connectivity index is 2.57. The van der Waals surface area contributed by atoms with Crippen molar-refractivity contribution in [1.29, 1.82) is 0 Å². The summed E-state index contributed by atoms with van der Waals surface area (Å²) < 4.78 is 26.7. The summed E-state index contributed by atoms with van der Waals surface area (Å²) in [5.41, 5.74) is 6.05. The molecule has 1 aromatic heterocycles. The quantitative estimate of drug-likeness (QED) is 0.770. The molecule has 6 nitrogen and oxygen atoms in total. The molecule has 0 aliphatic carbocycles. The van der Waals surface area contributed by atoms with E-state index in [1.165, 1.54) is 22.7 Å². The number of hydrogen-bond donors (Lipinski definition) is 2. The van der Waals surface area contributed by atoms with Crippen LogP contribution in [0.5, 0.6) is 0 Å². The second-order valence-corrected chi connectivity index (χ2v) is 5.67. The second kappa shape index (κ2) is 4.88. The van der Waals surface area contributed by atoms with Crippen molar-refractivity contribution >= 4 is 26.7 Å². The first kappa shape index (κ1) is 12.4. The smallest absolute Gasteiger partial charge is 0.279 e. The normalized spacial score (nSPS) is 12.2. The number of nitrogens with one attached hydrogen (secondary N) is 1. The number of nitrogen functional groups attached to an aromatic ring is 1. The van der Waals surface area contributed by atoms with Crippen molar-refractivity contribution in [3.8, 4) is 0 Å². The largest absolute Gasteiger partial charge is 0.375 e. The number of hydrogen-bond acceptors (Lipinski definition) is 5. The Labute approximate surface area is 93.3 Å². The van der Waals surface area contributed by atoms with Crippen molar-refractivity contribution in [3.63, 3.8) is 0 Å². The fourth-order valence-corrected chi connectivity index (χ4v) is 2.30. The molecule has 1 heterocycles. The highest BCUT2D eigenvalue weighted by molar-refractivity contribution is 7.87. The van der Waals surface area contributed by atoms with Crippen LogP contribution in [0.4, 0.5) is 5.13 Å². The average Bonchev–Trinajstić information content (AvgIpc) is 2.60. The van der Waals surface area contributed by atoms with Crippen LogP contribution < -0.4 is 10.5 Å². The molecule has 0 atom stereocenters. The zero-order valence-corrected chi connectivity index (χ0v) is 10.2. The van der Waals surface area contributed by atoms with Crippen LogP contribution in [0, 0.1) is 0 Å². The summed E-state index contributed by atoms with van der Waals surface area (Å²) in [5.74, 6) is 0. The predicted octanol–water partition coefficient (Wildman–Crippen LogP) is 0.0114. The Morgan fingerprint density at radius 3 is 2.80 bits per heavy atom. The lowest BCUT2D eigenvalue weighted by Crippen LogP contribution is -2.37. The van der Waals surface area contributed by atoms with Crippen LogP contribution in [-0.2, 0) is 16.8 Å². The molecule has 0 aromatic carbocycles. The van der Waals surface area contributed by atoms with Crippen molar-refractivity contribution in [2.45, 2.75) is 13.5 Å². The molecule has 0 saturated heterocycles. The lowest BCUT2D eigenvalue weighted by Gasteiger charge is -2.14. The minimum Gasteiger partial charge on any atom is -0.375 e. The van der Waals surface area contributed by atoms with Gasteiger partial charge in [0.2, 0.25) is 0 Å². The Hall–Kier alpha value is -0.700. The summed E-state index contributed by atoms with van der Waals surface area (Å²) in [4.78, 5) is 3.95. The molecule has 3 N–H and O–H groups in total. The predicted molar refractivity (Wildman–Crippen MR) is 60.6 cm³/mol. The fraction of sp³-hybridized carbons (Fsp3) is 0.571. The van der Waals surface area contributed by atoms with Crippen LogP contribution in [0.15, 0.2) is 5.38 Å². The van der Waals surface area contributed by atoms with Gasteiger partial charge in [0.25, 0.3) is 10.2 Å². The summed E-state index contributed by atoms with van der Waals surface area (Å²) >= 11 is 1.29. The highest BCUT2D eigenvalue weighted by Crippen LogP contribution is 2.10. The van der Waals surface area contributed by atoms with Gasteiger partial charge in [0, 0.05) is 19.0 Å². The maximum absolute atomic E-state index is 11.5. The van der Waals surface area contributed by atoms with Crippen molar-refractivity contribution in [2.24, 2.45) is 0 Å². The lowest BCUT2D eigenvalue weighted by atomic mass is 10.5. The number of thiazole rings is 1. The van der Waals surface area contributed by atoms with E-state index < -0.39 is 10.2 Å². The molecule has 8 heteroatoms. The van der Waals surface area contributed by atoms with E-state index in [0.29, 0.717) is 17.4 Å². The third-order valence-electron chi connectivity index (χ3n) is 1.86. The Morgan fingerprint density at radius 2 is 2.33 bits per heavy atom. The van der Waals surface area contributed by atoms with E-state index in [9.17, 15) is 8.42 Å². The molecule has 0 bridgehead atoms. The molecule has 1 rings (SSSR count). The molecule has 86 valence electrons. The van der Waals surface area contributed by atoms with Gasteiger partial charge in [-0.25, -0.2) is 4.98 Å². The Morgan fingerprint density at radius 1 is 1.67 bits per heavy atom. The van der Waals surface area contributed by atoms with Crippen LogP contribution in [0.25, 0.3) is 0 Å². The van der Waals surface area contributed by atoms with Gasteiger partial charge in [-0.3, -0.25) is 0 Å². The van der Waals surface area contributed by atoms with Crippen LogP contribution in [0.1, 0.15) is 12.6 Å². The van der Waals surface area contributed by atoms with E-state index in [2.05, 4.69) is 9.71 Å². The molecule has 0 spiro atoms. The van der Waals surface area contributed by atoms with E-state index in [1.54, 1.807) is 12.3 Å². The minimum atomic E-state index is -3.39. The molecule has 0 aliphatic rings. The summed E-state index contributed by atoms with van der Waals surface area (Å²) in [6.45, 7) is 2.36. The van der Waals surface area contributed by atoms with E-state index in [4.69, 9.17) is 5.73 Å². The third-order valence-corrected chi connectivity index (χ3v) is 4.17. The van der Waals surface area contributed by atoms with Gasteiger partial charge in [-0.15, -0.1) is 11.3 Å². The minimum absolute atomic E-state index is 0.167. The number of rotatable bonds is 5. The van der Waals surface area contributed by atoms with Crippen molar-refractivity contribution in [2.75, 3.05) is 19.3 Å². The van der Waals surface area contributed by atoms with Gasteiger partial charge < -0.3 is 5.73 Å². The van der Waals surface area contributed by atoms with Crippen molar-refractivity contribution in [1.82, 2.24) is 14.0 Å². The summed E-state index contributed by atoms with van der Waals surface area (Å²) in [6.07, 6.45) is 0. The van der Waals surface area contributed by atoms with Gasteiger partial charge in [-0.1, -0.05) is 6.92 Å². The van der Waals surface area contributed by atoms with Crippen LogP contribution in [0.3, 0.4) is 0 Å². The molecule has 0 fully saturated rings. The zero-order chi connectivity index (χ0) is 11.5. The zero-order valence-electron chi connectivity index (χ0n) is 8.60. The molecular weight excluding hydrogens is 236 g/mol. The monoisotopic (exact) mass is 250 g/mol. The van der Waals surface area contributed by atoms with Gasteiger partial charge in [0.05, 0.1) is 12.2 Å². The third kappa shape index (κ3) is 3.42. The van der Waals surface area contributed by atoms with Gasteiger partial charge in [0.15, 0.2) is 5.13 Å². The van der Waals surface area contributed by atoms with Gasteiger partial charge in [0.1, 0.15) is 0 Å². The first-order chi connectivity index (χ1) is 6.95. The number of nitrogens with two attached hydrogens (primary N) is 1. The SMILES string of the molecule is CCN(C)S(=O)(=O)NCc1csc(N)n1. The standard InChI is InChI=1S/C7H14N4O2S2/c1-3-11(2)15(12,13)9-4-6-5-14-7(8)10-6/h5,9H,3-4H2,1-2H3,(H2,8,10). The number of anilines is 1. The topological polar surface area (TPSA) is 88.3 Å². The average molecular weight is 250 g/mol. The molecular formula is C7H14N4O2S2. The number of aromatic nitrogens is 1. The van der Waals surface area contributed by atoms with Crippen molar-refractivity contribution < 1.29 is 8.42 Å². The fourth-order valence-electron chi connectivity index (χ4n) is 0.849. The van der Waals surface area contributed by atoms with E-state index in [1.807, 2.05) is 0 Å². The first-order valence-corrected chi connectivity index (χ1v) is 6.68. The second-order valence-electron chi connectivity index (χ2n) is 2.92. The molecule has 1 aromatic rings. The first-order valence-electron chi connectivity index (χ1n) is 4.36. The summed E-state index contributed by atoms with van der Waals surface area (Å²) in [5, 5.41) is 2.16. The number of nitrogens with zero attached hydrogens (tertiary/aromatic N) is 2. The van der Waals surface area contributed by atoms with Crippen molar-refractivity contribution in [3.05, 3.63) is 11.1 Å². The van der Waals surface area contributed by atoms with Gasteiger partial charge in [-0.2, -0.15) is 17.4 Å². The van der Waals surface area contributed by atoms with Gasteiger partial charge >= 0.3 is 0 Å². The van der Waals surface area contributed by atoms with Crippen LogP contribution in [0.2, 0.25) is 0 Å². The molecule has 0 radical (unpaired) electrons. The van der Waals surface area contributed by atoms with Crippen LogP contribution >= 0.6 is 11.3 Å². The highest BCUT2D eigenvalue weighted by Gasteiger charge is 2.15. The molecule has 0 aliphatic heterocycles. The lowest BCUT2D eigenvalue weighted by molar-refractivity contribution is 0.473. The van der Waals surface area contributed by atoms with E-state index >= 15 is 0 Å². The van der Waals surface area contributed by atoms with E-state index in [-0.39, 0.29) is 6.54 Å². The molecule has 0 amide bonds. The molecule has 0 saturated carbocycles. The molecule has 15 heavy (non-hydrogen) atoms. The summed E-state index contributed by atoms with van der Waals surface area (Å²) in [6, 6.07) is 0.